The van der Waals surface area contributed by atoms with Crippen molar-refractivity contribution in [1.82, 2.24) is 9.38 Å². The zero-order valence-corrected chi connectivity index (χ0v) is 17.0. The second-order valence-electron chi connectivity index (χ2n) is 6.02. The normalized spacial score (nSPS) is 12.3. The number of para-hydroxylation sites is 2. The van der Waals surface area contributed by atoms with Gasteiger partial charge in [0, 0.05) is 17.6 Å². The molecule has 0 radical (unpaired) electrons. The Labute approximate surface area is 163 Å². The molecule has 4 nitrogen and oxygen atoms in total. The molecule has 0 N–H and O–H groups in total. The monoisotopic (exact) mass is 427 g/mol. The van der Waals surface area contributed by atoms with Crippen LogP contribution in [0.4, 0.5) is 5.69 Å². The first-order valence-electron chi connectivity index (χ1n) is 8.58. The Morgan fingerprint density at radius 3 is 2.69 bits per heavy atom. The molecule has 132 valence electrons. The Hall–Kier alpha value is -2.18. The molecule has 0 fully saturated rings. The van der Waals surface area contributed by atoms with Gasteiger partial charge in [0.05, 0.1) is 21.3 Å². The molecule has 0 aliphatic heterocycles. The molecular formula is C20H18BrN3OS. The van der Waals surface area contributed by atoms with E-state index in [4.69, 9.17) is 0 Å². The average molecular weight is 428 g/mol. The molecule has 0 bridgehead atoms. The molecule has 0 spiro atoms. The van der Waals surface area contributed by atoms with Crippen LogP contribution < -0.4 is 15.0 Å². The number of imidazole rings is 1. The molecule has 2 aromatic heterocycles. The Balaban J connectivity index is 1.83. The van der Waals surface area contributed by atoms with Crippen molar-refractivity contribution in [3.63, 3.8) is 0 Å². The minimum atomic E-state index is -0.0114. The minimum absolute atomic E-state index is 0.0114. The highest BCUT2D eigenvalue weighted by molar-refractivity contribution is 9.10. The van der Waals surface area contributed by atoms with Crippen molar-refractivity contribution in [3.05, 3.63) is 67.4 Å². The Morgan fingerprint density at radius 2 is 1.96 bits per heavy atom. The van der Waals surface area contributed by atoms with Gasteiger partial charge in [0.25, 0.3) is 5.56 Å². The maximum atomic E-state index is 12.8. The second-order valence-corrected chi connectivity index (χ2v) is 7.88. The molecule has 0 unspecified atom stereocenters. The average Bonchev–Trinajstić information content (AvgIpc) is 3.14. The predicted octanol–water partition coefficient (Wildman–Crippen LogP) is 4.07. The lowest BCUT2D eigenvalue weighted by Crippen LogP contribution is -2.23. The summed E-state index contributed by atoms with van der Waals surface area (Å²) in [5, 5.41) is 0. The van der Waals surface area contributed by atoms with Crippen LogP contribution in [-0.4, -0.2) is 22.5 Å². The van der Waals surface area contributed by atoms with Crippen molar-refractivity contribution in [3.8, 4) is 0 Å². The standard InChI is InChI=1S/C20H18BrN3OS/c1-3-23(4-2)16-10-9-13(11-14(16)21)12-18-19(25)24-17-8-6-5-7-15(17)22-20(24)26-18/h5-12H,3-4H2,1-2H3/b18-12-. The smallest absolute Gasteiger partial charge is 0.274 e. The third kappa shape index (κ3) is 2.83. The number of hydrogen-bond acceptors (Lipinski definition) is 4. The highest BCUT2D eigenvalue weighted by Gasteiger charge is 2.11. The van der Waals surface area contributed by atoms with Crippen molar-refractivity contribution < 1.29 is 0 Å². The number of aromatic nitrogens is 2. The Bertz CT molecular complexity index is 1210. The number of hydrogen-bond donors (Lipinski definition) is 0. The van der Waals surface area contributed by atoms with E-state index in [1.165, 1.54) is 17.0 Å². The molecule has 0 amide bonds. The Morgan fingerprint density at radius 1 is 1.19 bits per heavy atom. The van der Waals surface area contributed by atoms with Crippen LogP contribution in [0.3, 0.4) is 0 Å². The number of benzene rings is 2. The van der Waals surface area contributed by atoms with Crippen LogP contribution in [0.2, 0.25) is 0 Å². The highest BCUT2D eigenvalue weighted by Crippen LogP contribution is 2.27. The van der Waals surface area contributed by atoms with Gasteiger partial charge in [-0.2, -0.15) is 0 Å². The van der Waals surface area contributed by atoms with Gasteiger partial charge in [-0.3, -0.25) is 4.79 Å². The fourth-order valence-corrected chi connectivity index (χ4v) is 4.83. The van der Waals surface area contributed by atoms with Crippen LogP contribution in [0.1, 0.15) is 19.4 Å². The molecule has 0 saturated heterocycles. The molecule has 4 rings (SSSR count). The summed E-state index contributed by atoms with van der Waals surface area (Å²) in [6, 6.07) is 13.9. The number of rotatable bonds is 4. The molecule has 0 aliphatic carbocycles. The molecule has 2 heterocycles. The van der Waals surface area contributed by atoms with E-state index in [-0.39, 0.29) is 5.56 Å². The Kier molecular flexibility index (Phi) is 4.54. The van der Waals surface area contributed by atoms with E-state index in [9.17, 15) is 4.79 Å². The van der Waals surface area contributed by atoms with Crippen molar-refractivity contribution in [2.75, 3.05) is 18.0 Å². The van der Waals surface area contributed by atoms with E-state index in [0.29, 0.717) is 4.53 Å². The van der Waals surface area contributed by atoms with E-state index >= 15 is 0 Å². The summed E-state index contributed by atoms with van der Waals surface area (Å²) in [6.07, 6.45) is 1.94. The van der Waals surface area contributed by atoms with E-state index in [2.05, 4.69) is 57.9 Å². The first-order chi connectivity index (χ1) is 12.6. The van der Waals surface area contributed by atoms with Crippen LogP contribution >= 0.6 is 27.3 Å². The van der Waals surface area contributed by atoms with Crippen LogP contribution in [0.5, 0.6) is 0 Å². The fourth-order valence-electron chi connectivity index (χ4n) is 3.20. The summed E-state index contributed by atoms with van der Waals surface area (Å²) in [4.78, 5) is 20.4. The second kappa shape index (κ2) is 6.85. The molecule has 4 aromatic rings. The summed E-state index contributed by atoms with van der Waals surface area (Å²) in [5.41, 5.74) is 3.87. The van der Waals surface area contributed by atoms with Crippen molar-refractivity contribution >= 4 is 55.0 Å². The fraction of sp³-hybridized carbons (Fsp3) is 0.200. The van der Waals surface area contributed by atoms with Crippen molar-refractivity contribution in [2.45, 2.75) is 13.8 Å². The van der Waals surface area contributed by atoms with Gasteiger partial charge < -0.3 is 4.90 Å². The van der Waals surface area contributed by atoms with Gasteiger partial charge >= 0.3 is 0 Å². The first kappa shape index (κ1) is 17.2. The van der Waals surface area contributed by atoms with Gasteiger partial charge in [0.15, 0.2) is 4.96 Å². The lowest BCUT2D eigenvalue weighted by atomic mass is 10.2. The van der Waals surface area contributed by atoms with Gasteiger partial charge in [0.1, 0.15) is 0 Å². The van der Waals surface area contributed by atoms with Gasteiger partial charge in [0.2, 0.25) is 0 Å². The molecule has 0 aliphatic rings. The summed E-state index contributed by atoms with van der Waals surface area (Å²) in [5.74, 6) is 0. The van der Waals surface area contributed by atoms with Crippen molar-refractivity contribution in [2.24, 2.45) is 0 Å². The van der Waals surface area contributed by atoms with E-state index in [1.807, 2.05) is 30.3 Å². The van der Waals surface area contributed by atoms with Gasteiger partial charge in [-0.1, -0.05) is 29.5 Å². The molecule has 6 heteroatoms. The first-order valence-corrected chi connectivity index (χ1v) is 10.2. The molecular weight excluding hydrogens is 410 g/mol. The summed E-state index contributed by atoms with van der Waals surface area (Å²) in [7, 11) is 0. The zero-order valence-electron chi connectivity index (χ0n) is 14.6. The summed E-state index contributed by atoms with van der Waals surface area (Å²) >= 11 is 5.09. The zero-order chi connectivity index (χ0) is 18.3. The number of halogens is 1. The number of thiazole rings is 1. The summed E-state index contributed by atoms with van der Waals surface area (Å²) < 4.78 is 3.43. The van der Waals surface area contributed by atoms with Crippen LogP contribution in [-0.2, 0) is 0 Å². The molecule has 2 aromatic carbocycles. The van der Waals surface area contributed by atoms with Crippen molar-refractivity contribution in [1.29, 1.82) is 0 Å². The topological polar surface area (TPSA) is 37.6 Å². The van der Waals surface area contributed by atoms with Gasteiger partial charge in [-0.15, -0.1) is 0 Å². The number of anilines is 1. The quantitative estimate of drug-likeness (QED) is 0.492. The lowest BCUT2D eigenvalue weighted by Gasteiger charge is -2.22. The third-order valence-corrected chi connectivity index (χ3v) is 6.12. The van der Waals surface area contributed by atoms with Crippen LogP contribution in [0.25, 0.3) is 22.1 Å². The van der Waals surface area contributed by atoms with Gasteiger partial charge in [-0.05, 0) is 65.7 Å². The summed E-state index contributed by atoms with van der Waals surface area (Å²) in [6.45, 7) is 6.20. The van der Waals surface area contributed by atoms with Crippen LogP contribution in [0.15, 0.2) is 51.7 Å². The van der Waals surface area contributed by atoms with E-state index in [0.717, 1.165) is 39.1 Å². The largest absolute Gasteiger partial charge is 0.371 e. The lowest BCUT2D eigenvalue weighted by molar-refractivity contribution is 0.864. The van der Waals surface area contributed by atoms with Gasteiger partial charge in [-0.25, -0.2) is 9.38 Å². The minimum Gasteiger partial charge on any atom is -0.371 e. The molecule has 0 saturated carbocycles. The van der Waals surface area contributed by atoms with E-state index in [1.54, 1.807) is 4.40 Å². The molecule has 26 heavy (non-hydrogen) atoms. The SMILES string of the molecule is CCN(CC)c1ccc(/C=c2\sc3nc4ccccc4n3c2=O)cc1Br. The van der Waals surface area contributed by atoms with E-state index < -0.39 is 0 Å². The molecule has 0 atom stereocenters. The van der Waals surface area contributed by atoms with Crippen LogP contribution in [0, 0.1) is 0 Å². The third-order valence-electron chi connectivity index (χ3n) is 4.52. The number of nitrogens with zero attached hydrogens (tertiary/aromatic N) is 3. The highest BCUT2D eigenvalue weighted by atomic mass is 79.9. The maximum Gasteiger partial charge on any atom is 0.274 e. The maximum absolute atomic E-state index is 12.8. The predicted molar refractivity (Wildman–Crippen MR) is 113 cm³/mol. The number of fused-ring (bicyclic) bond motifs is 3.